The van der Waals surface area contributed by atoms with Crippen molar-refractivity contribution in [2.24, 2.45) is 0 Å². The number of hydrogen-bond donors (Lipinski definition) is 0. The van der Waals surface area contributed by atoms with E-state index in [0.29, 0.717) is 39.9 Å². The topological polar surface area (TPSA) is 85.8 Å². The van der Waals surface area contributed by atoms with Crippen molar-refractivity contribution >= 4 is 11.9 Å². The fourth-order valence-electron chi connectivity index (χ4n) is 3.44. The first-order chi connectivity index (χ1) is 15.5. The van der Waals surface area contributed by atoms with Crippen LogP contribution in [0.15, 0.2) is 75.7 Å². The molecule has 32 heavy (non-hydrogen) atoms. The number of hydrogen-bond acceptors (Lipinski definition) is 6. The number of benzene rings is 2. The molecule has 4 rings (SSSR count). The van der Waals surface area contributed by atoms with Crippen LogP contribution in [-0.2, 0) is 11.3 Å². The van der Waals surface area contributed by atoms with E-state index in [-0.39, 0.29) is 12.5 Å². The second-order valence-electron chi connectivity index (χ2n) is 7.28. The molecule has 0 aliphatic rings. The third-order valence-corrected chi connectivity index (χ3v) is 5.07. The zero-order valence-corrected chi connectivity index (χ0v) is 18.0. The monoisotopic (exact) mass is 430 g/mol. The van der Waals surface area contributed by atoms with Crippen LogP contribution in [0, 0.1) is 6.92 Å². The number of carbonyl (C=O) groups is 2. The molecule has 7 nitrogen and oxygen atoms in total. The number of oxazole rings is 1. The number of methoxy groups -OCH3 is 1. The third kappa shape index (κ3) is 4.18. The van der Waals surface area contributed by atoms with Crippen molar-refractivity contribution in [3.8, 4) is 22.8 Å². The Morgan fingerprint density at radius 3 is 2.47 bits per heavy atom. The Bertz CT molecular complexity index is 1260. The summed E-state index contributed by atoms with van der Waals surface area (Å²) in [4.78, 5) is 30.9. The minimum absolute atomic E-state index is 0.186. The molecule has 2 heterocycles. The first-order valence-corrected chi connectivity index (χ1v) is 10.0. The highest BCUT2D eigenvalue weighted by Crippen LogP contribution is 2.29. The highest BCUT2D eigenvalue weighted by Gasteiger charge is 2.22. The summed E-state index contributed by atoms with van der Waals surface area (Å²) in [5.74, 6) is 1.21. The number of rotatable bonds is 6. The summed E-state index contributed by atoms with van der Waals surface area (Å²) in [6.45, 7) is 1.87. The normalized spacial score (nSPS) is 10.7. The molecule has 0 N–H and O–H groups in total. The van der Waals surface area contributed by atoms with Crippen LogP contribution in [0.25, 0.3) is 22.8 Å². The van der Waals surface area contributed by atoms with Crippen molar-refractivity contribution in [3.05, 3.63) is 89.5 Å². The van der Waals surface area contributed by atoms with Crippen LogP contribution in [0.2, 0.25) is 0 Å². The van der Waals surface area contributed by atoms with Crippen molar-refractivity contribution in [2.75, 3.05) is 14.2 Å². The van der Waals surface area contributed by atoms with E-state index in [1.54, 1.807) is 44.4 Å². The Morgan fingerprint density at radius 2 is 1.72 bits per heavy atom. The smallest absolute Gasteiger partial charge is 0.341 e. The molecule has 0 radical (unpaired) electrons. The van der Waals surface area contributed by atoms with Gasteiger partial charge in [0.15, 0.2) is 5.76 Å². The van der Waals surface area contributed by atoms with Crippen LogP contribution in [0.5, 0.6) is 0 Å². The van der Waals surface area contributed by atoms with Crippen molar-refractivity contribution in [3.63, 3.8) is 0 Å². The zero-order chi connectivity index (χ0) is 22.7. The summed E-state index contributed by atoms with van der Waals surface area (Å²) in [6.07, 6.45) is 1.65. The molecule has 1 amide bonds. The van der Waals surface area contributed by atoms with Gasteiger partial charge in [0.25, 0.3) is 5.91 Å². The summed E-state index contributed by atoms with van der Waals surface area (Å²) in [7, 11) is 2.98. The minimum atomic E-state index is -0.477. The van der Waals surface area contributed by atoms with E-state index >= 15 is 0 Å². The Hall–Kier alpha value is -4.13. The lowest BCUT2D eigenvalue weighted by molar-refractivity contribution is 0.0598. The molecule has 162 valence electrons. The molecule has 0 saturated carbocycles. The van der Waals surface area contributed by atoms with Gasteiger partial charge in [0, 0.05) is 18.2 Å². The molecule has 2 aromatic carbocycles. The number of furan rings is 1. The fourth-order valence-corrected chi connectivity index (χ4v) is 3.44. The average Bonchev–Trinajstić information content (AvgIpc) is 3.45. The largest absolute Gasteiger partial charge is 0.465 e. The molecule has 0 aliphatic carbocycles. The number of aryl methyl sites for hydroxylation is 1. The van der Waals surface area contributed by atoms with Gasteiger partial charge in [0.2, 0.25) is 5.89 Å². The van der Waals surface area contributed by atoms with Crippen LogP contribution in [0.4, 0.5) is 0 Å². The number of nitrogens with zero attached hydrogens (tertiary/aromatic N) is 2. The van der Waals surface area contributed by atoms with Crippen molar-refractivity contribution in [1.82, 2.24) is 9.88 Å². The van der Waals surface area contributed by atoms with Crippen molar-refractivity contribution in [2.45, 2.75) is 13.5 Å². The van der Waals surface area contributed by atoms with Gasteiger partial charge in [-0.15, -0.1) is 0 Å². The third-order valence-electron chi connectivity index (χ3n) is 5.07. The standard InChI is InChI=1S/C25H22N2O5/c1-16-21(25(29)30-3)13-18(31-16)15-27(2)24(28)20-12-8-7-11-19(20)23-26-14-22(32-23)17-9-5-4-6-10-17/h4-14H,15H2,1-3H3. The Balaban J connectivity index is 1.58. The lowest BCUT2D eigenvalue weighted by Gasteiger charge is -2.17. The van der Waals surface area contributed by atoms with Gasteiger partial charge in [-0.05, 0) is 25.1 Å². The highest BCUT2D eigenvalue weighted by atomic mass is 16.5. The molecule has 0 saturated heterocycles. The van der Waals surface area contributed by atoms with Gasteiger partial charge >= 0.3 is 5.97 Å². The molecule has 0 aliphatic heterocycles. The molecule has 0 bridgehead atoms. The number of esters is 1. The number of ether oxygens (including phenoxy) is 1. The predicted octanol–water partition coefficient (Wildman–Crippen LogP) is 4.97. The van der Waals surface area contributed by atoms with E-state index in [1.807, 2.05) is 36.4 Å². The molecule has 0 fully saturated rings. The highest BCUT2D eigenvalue weighted by molar-refractivity contribution is 6.00. The molecule has 2 aromatic heterocycles. The molecule has 7 heteroatoms. The van der Waals surface area contributed by atoms with Crippen molar-refractivity contribution < 1.29 is 23.2 Å². The zero-order valence-electron chi connectivity index (χ0n) is 18.0. The van der Waals surface area contributed by atoms with Gasteiger partial charge in [-0.2, -0.15) is 0 Å². The van der Waals surface area contributed by atoms with Gasteiger partial charge in [-0.3, -0.25) is 4.79 Å². The van der Waals surface area contributed by atoms with E-state index in [4.69, 9.17) is 13.6 Å². The van der Waals surface area contributed by atoms with Gasteiger partial charge < -0.3 is 18.5 Å². The fraction of sp³-hybridized carbons (Fsp3) is 0.160. The Labute approximate surface area is 185 Å². The average molecular weight is 430 g/mol. The molecule has 0 atom stereocenters. The summed E-state index contributed by atoms with van der Waals surface area (Å²) in [6, 6.07) is 18.4. The van der Waals surface area contributed by atoms with Gasteiger partial charge in [0.1, 0.15) is 17.1 Å². The lowest BCUT2D eigenvalue weighted by atomic mass is 10.1. The van der Waals surface area contributed by atoms with Gasteiger partial charge in [-0.1, -0.05) is 42.5 Å². The molecular formula is C25H22N2O5. The molecule has 0 unspecified atom stereocenters. The lowest BCUT2D eigenvalue weighted by Crippen LogP contribution is -2.26. The van der Waals surface area contributed by atoms with Crippen LogP contribution < -0.4 is 0 Å². The quantitative estimate of drug-likeness (QED) is 0.402. The Kier molecular flexibility index (Phi) is 5.89. The van der Waals surface area contributed by atoms with Crippen LogP contribution in [0.3, 0.4) is 0 Å². The van der Waals surface area contributed by atoms with Crippen LogP contribution >= 0.6 is 0 Å². The maximum atomic E-state index is 13.2. The van der Waals surface area contributed by atoms with E-state index in [2.05, 4.69) is 4.98 Å². The molecule has 0 spiro atoms. The van der Waals surface area contributed by atoms with E-state index in [1.165, 1.54) is 12.0 Å². The molecule has 4 aromatic rings. The first kappa shape index (κ1) is 21.1. The van der Waals surface area contributed by atoms with Gasteiger partial charge in [0.05, 0.1) is 25.4 Å². The number of carbonyl (C=O) groups excluding carboxylic acids is 2. The second-order valence-corrected chi connectivity index (χ2v) is 7.28. The van der Waals surface area contributed by atoms with E-state index < -0.39 is 5.97 Å². The maximum Gasteiger partial charge on any atom is 0.341 e. The SMILES string of the molecule is COC(=O)c1cc(CN(C)C(=O)c2ccccc2-c2ncc(-c3ccccc3)o2)oc1C. The second kappa shape index (κ2) is 8.93. The number of amides is 1. The molecular weight excluding hydrogens is 408 g/mol. The first-order valence-electron chi connectivity index (χ1n) is 10.0. The maximum absolute atomic E-state index is 13.2. The van der Waals surface area contributed by atoms with E-state index in [0.717, 1.165) is 5.56 Å². The Morgan fingerprint density at radius 1 is 1.00 bits per heavy atom. The minimum Gasteiger partial charge on any atom is -0.465 e. The summed E-state index contributed by atoms with van der Waals surface area (Å²) < 4.78 is 16.3. The van der Waals surface area contributed by atoms with Crippen LogP contribution in [0.1, 0.15) is 32.2 Å². The summed E-state index contributed by atoms with van der Waals surface area (Å²) in [5.41, 5.74) is 2.30. The number of aromatic nitrogens is 1. The predicted molar refractivity (Wildman–Crippen MR) is 118 cm³/mol. The van der Waals surface area contributed by atoms with E-state index in [9.17, 15) is 9.59 Å². The van der Waals surface area contributed by atoms with Crippen LogP contribution in [-0.4, -0.2) is 35.9 Å². The van der Waals surface area contributed by atoms with Gasteiger partial charge in [-0.25, -0.2) is 9.78 Å². The van der Waals surface area contributed by atoms with Crippen molar-refractivity contribution in [1.29, 1.82) is 0 Å². The summed E-state index contributed by atoms with van der Waals surface area (Å²) >= 11 is 0. The summed E-state index contributed by atoms with van der Waals surface area (Å²) in [5, 5.41) is 0.